The van der Waals surface area contributed by atoms with Gasteiger partial charge in [0.25, 0.3) is 0 Å². The quantitative estimate of drug-likeness (QED) is 0.195. The van der Waals surface area contributed by atoms with Crippen molar-refractivity contribution in [2.45, 2.75) is 37.6 Å². The predicted octanol–water partition coefficient (Wildman–Crippen LogP) is 11.2. The number of hydrogen-bond acceptors (Lipinski definition) is 3. The van der Waals surface area contributed by atoms with Crippen molar-refractivity contribution in [3.8, 4) is 22.4 Å². The van der Waals surface area contributed by atoms with Gasteiger partial charge in [0.05, 0.1) is 17.3 Å². The van der Waals surface area contributed by atoms with Crippen LogP contribution in [0, 0.1) is 0 Å². The van der Waals surface area contributed by atoms with Crippen molar-refractivity contribution in [3.05, 3.63) is 174 Å². The maximum absolute atomic E-state index is 5.44. The Balaban J connectivity index is 1.16. The normalized spacial score (nSPS) is 20.0. The monoisotopic (exact) mass is 629 g/mol. The third-order valence-corrected chi connectivity index (χ3v) is 11.3. The van der Waals surface area contributed by atoms with Crippen molar-refractivity contribution in [2.24, 2.45) is 0 Å². The molecule has 7 aromatic rings. The van der Waals surface area contributed by atoms with Crippen molar-refractivity contribution < 1.29 is 0 Å². The molecule has 0 saturated heterocycles. The molecule has 6 aromatic carbocycles. The van der Waals surface area contributed by atoms with Crippen LogP contribution in [0.1, 0.15) is 37.5 Å². The number of fused-ring (bicyclic) bond motifs is 9. The summed E-state index contributed by atoms with van der Waals surface area (Å²) in [6.07, 6.45) is 5.09. The van der Waals surface area contributed by atoms with E-state index in [1.807, 2.05) is 0 Å². The predicted molar refractivity (Wildman–Crippen MR) is 203 cm³/mol. The summed E-state index contributed by atoms with van der Waals surface area (Å²) < 4.78 is 0. The van der Waals surface area contributed by atoms with Gasteiger partial charge in [-0.25, -0.2) is 9.97 Å². The van der Waals surface area contributed by atoms with Crippen LogP contribution in [0.15, 0.2) is 157 Å². The van der Waals surface area contributed by atoms with Gasteiger partial charge in [0.2, 0.25) is 5.95 Å². The Morgan fingerprint density at radius 1 is 0.592 bits per heavy atom. The molecule has 0 spiro atoms. The first kappa shape index (κ1) is 28.2. The molecule has 3 nitrogen and oxygen atoms in total. The topological polar surface area (TPSA) is 29.0 Å². The van der Waals surface area contributed by atoms with E-state index >= 15 is 0 Å². The number of rotatable bonds is 3. The van der Waals surface area contributed by atoms with Crippen LogP contribution >= 0.6 is 0 Å². The molecule has 3 aliphatic rings. The molecule has 2 atom stereocenters. The van der Waals surface area contributed by atoms with E-state index in [-0.39, 0.29) is 16.9 Å². The number of benzene rings is 6. The van der Waals surface area contributed by atoms with Gasteiger partial charge in [0.1, 0.15) is 0 Å². The minimum Gasteiger partial charge on any atom is -0.302 e. The summed E-state index contributed by atoms with van der Waals surface area (Å²) in [5.41, 5.74) is 12.9. The second kappa shape index (κ2) is 10.1. The van der Waals surface area contributed by atoms with E-state index in [0.29, 0.717) is 0 Å². The Morgan fingerprint density at radius 2 is 1.27 bits per heavy atom. The lowest BCUT2D eigenvalue weighted by Gasteiger charge is -2.38. The standard InChI is InChI=1S/C46H35N3/c1-45(2)38-27-41-46(3,28-36(38)34-26-25-31-15-7-8-16-33(31)42(34)45)37-18-10-12-20-40(37)49(41)44-47-39-19-11-9-17-35(39)43(48-44)32-23-21-30(22-24-32)29-13-5-4-6-14-29/h4-28,41H,1-3H3. The summed E-state index contributed by atoms with van der Waals surface area (Å²) in [6.45, 7) is 7.18. The molecule has 0 saturated carbocycles. The van der Waals surface area contributed by atoms with Gasteiger partial charge in [-0.1, -0.05) is 153 Å². The van der Waals surface area contributed by atoms with Crippen LogP contribution in [0.25, 0.3) is 49.6 Å². The smallest absolute Gasteiger partial charge is 0.231 e. The zero-order valence-electron chi connectivity index (χ0n) is 27.9. The molecule has 2 aliphatic carbocycles. The summed E-state index contributed by atoms with van der Waals surface area (Å²) >= 11 is 0. The fraction of sp³-hybridized carbons (Fsp3) is 0.130. The first-order valence-corrected chi connectivity index (χ1v) is 17.2. The maximum atomic E-state index is 5.44. The molecule has 0 fully saturated rings. The van der Waals surface area contributed by atoms with Crippen LogP contribution in [0.3, 0.4) is 0 Å². The molecule has 2 unspecified atom stereocenters. The number of allylic oxidation sites excluding steroid dienone is 2. The largest absolute Gasteiger partial charge is 0.302 e. The lowest BCUT2D eigenvalue weighted by molar-refractivity contribution is 0.535. The molecule has 0 bridgehead atoms. The number of aromatic nitrogens is 2. The van der Waals surface area contributed by atoms with E-state index < -0.39 is 0 Å². The summed E-state index contributed by atoms with van der Waals surface area (Å²) in [4.78, 5) is 13.1. The number of nitrogens with zero attached hydrogens (tertiary/aromatic N) is 3. The van der Waals surface area contributed by atoms with Crippen molar-refractivity contribution in [3.63, 3.8) is 0 Å². The van der Waals surface area contributed by atoms with Gasteiger partial charge in [-0.2, -0.15) is 0 Å². The van der Waals surface area contributed by atoms with Crippen LogP contribution < -0.4 is 4.90 Å². The highest BCUT2D eigenvalue weighted by molar-refractivity contribution is 6.02. The molecule has 0 radical (unpaired) electrons. The lowest BCUT2D eigenvalue weighted by atomic mass is 9.70. The second-order valence-electron chi connectivity index (χ2n) is 14.4. The summed E-state index contributed by atoms with van der Waals surface area (Å²) in [6, 6.07) is 50.0. The van der Waals surface area contributed by atoms with E-state index in [1.165, 1.54) is 55.4 Å². The summed E-state index contributed by atoms with van der Waals surface area (Å²) in [7, 11) is 0. The Morgan fingerprint density at radius 3 is 2.10 bits per heavy atom. The average molecular weight is 630 g/mol. The van der Waals surface area contributed by atoms with Crippen LogP contribution in [-0.4, -0.2) is 16.0 Å². The molecule has 0 N–H and O–H groups in total. The Bertz CT molecular complexity index is 2540. The van der Waals surface area contributed by atoms with Gasteiger partial charge in [0, 0.05) is 27.5 Å². The van der Waals surface area contributed by atoms with Crippen LogP contribution in [0.2, 0.25) is 0 Å². The molecule has 49 heavy (non-hydrogen) atoms. The lowest BCUT2D eigenvalue weighted by Crippen LogP contribution is -2.41. The first-order valence-electron chi connectivity index (χ1n) is 17.2. The van der Waals surface area contributed by atoms with Gasteiger partial charge >= 0.3 is 0 Å². The highest BCUT2D eigenvalue weighted by Gasteiger charge is 2.53. The molecule has 10 rings (SSSR count). The molecule has 2 heterocycles. The third-order valence-electron chi connectivity index (χ3n) is 11.3. The van der Waals surface area contributed by atoms with E-state index in [9.17, 15) is 0 Å². The molecule has 3 heteroatoms. The van der Waals surface area contributed by atoms with Crippen LogP contribution in [0.4, 0.5) is 11.6 Å². The number of para-hydroxylation sites is 2. The molecule has 234 valence electrons. The molecular weight excluding hydrogens is 595 g/mol. The molecule has 1 aliphatic heterocycles. The Labute approximate surface area is 286 Å². The summed E-state index contributed by atoms with van der Waals surface area (Å²) in [5.74, 6) is 0.731. The number of hydrogen-bond donors (Lipinski definition) is 0. The average Bonchev–Trinajstić information content (AvgIpc) is 3.53. The van der Waals surface area contributed by atoms with Gasteiger partial charge in [-0.05, 0) is 68.8 Å². The Kier molecular flexibility index (Phi) is 5.82. The van der Waals surface area contributed by atoms with E-state index in [2.05, 4.69) is 177 Å². The van der Waals surface area contributed by atoms with Crippen molar-refractivity contribution in [2.75, 3.05) is 4.90 Å². The van der Waals surface area contributed by atoms with E-state index in [4.69, 9.17) is 9.97 Å². The van der Waals surface area contributed by atoms with Crippen LogP contribution in [-0.2, 0) is 10.8 Å². The zero-order valence-corrected chi connectivity index (χ0v) is 27.9. The third kappa shape index (κ3) is 3.96. The van der Waals surface area contributed by atoms with Crippen molar-refractivity contribution >= 4 is 38.9 Å². The van der Waals surface area contributed by atoms with E-state index in [0.717, 1.165) is 28.1 Å². The van der Waals surface area contributed by atoms with Gasteiger partial charge in [-0.15, -0.1) is 0 Å². The highest BCUT2D eigenvalue weighted by atomic mass is 15.3. The van der Waals surface area contributed by atoms with Gasteiger partial charge < -0.3 is 4.90 Å². The Hall–Kier alpha value is -5.80. The van der Waals surface area contributed by atoms with Crippen molar-refractivity contribution in [1.29, 1.82) is 0 Å². The van der Waals surface area contributed by atoms with E-state index in [1.54, 1.807) is 0 Å². The summed E-state index contributed by atoms with van der Waals surface area (Å²) in [5, 5.41) is 3.69. The minimum atomic E-state index is -0.273. The zero-order chi connectivity index (χ0) is 32.9. The maximum Gasteiger partial charge on any atom is 0.231 e. The fourth-order valence-corrected chi connectivity index (χ4v) is 8.90. The second-order valence-corrected chi connectivity index (χ2v) is 14.4. The molecular formula is C46H35N3. The van der Waals surface area contributed by atoms with Gasteiger partial charge in [0.15, 0.2) is 0 Å². The fourth-order valence-electron chi connectivity index (χ4n) is 8.90. The molecule has 0 amide bonds. The SMILES string of the molecule is CC1(C)C2=CC3N(c4nc(-c5ccc(-c6ccccc6)cc5)c5ccccc5n4)c4ccccc4C3(C)C=C2c2ccc3ccccc3c21. The minimum absolute atomic E-state index is 0.0120. The van der Waals surface area contributed by atoms with Gasteiger partial charge in [-0.3, -0.25) is 0 Å². The highest BCUT2D eigenvalue weighted by Crippen LogP contribution is 2.60. The number of anilines is 2. The van der Waals surface area contributed by atoms with Crippen LogP contribution in [0.5, 0.6) is 0 Å². The first-order chi connectivity index (χ1) is 23.9. The molecule has 1 aromatic heterocycles. The van der Waals surface area contributed by atoms with Crippen molar-refractivity contribution in [1.82, 2.24) is 9.97 Å².